The monoisotopic (exact) mass is 194 g/mol. The minimum absolute atomic E-state index is 0.0528. The van der Waals surface area contributed by atoms with Gasteiger partial charge in [0, 0.05) is 32.6 Å². The highest BCUT2D eigenvalue weighted by atomic mass is 15.3. The second kappa shape index (κ2) is 4.82. The summed E-state index contributed by atoms with van der Waals surface area (Å²) >= 11 is 0. The van der Waals surface area contributed by atoms with E-state index in [-0.39, 0.29) is 5.54 Å². The molecule has 1 saturated heterocycles. The Labute approximate surface area is 88.3 Å². The number of hydrogen-bond acceptors (Lipinski definition) is 2. The number of nitrogens with zero attached hydrogens (tertiary/aromatic N) is 2. The van der Waals surface area contributed by atoms with Crippen LogP contribution in [0.4, 0.5) is 0 Å². The first kappa shape index (κ1) is 11.6. The van der Waals surface area contributed by atoms with E-state index in [0.717, 1.165) is 32.6 Å². The SMILES string of the molecule is CCC#CC(C)(C)N1CCN(C)CC1. The average molecular weight is 194 g/mol. The maximum atomic E-state index is 3.35. The van der Waals surface area contributed by atoms with Gasteiger partial charge in [-0.2, -0.15) is 0 Å². The summed E-state index contributed by atoms with van der Waals surface area (Å²) < 4.78 is 0. The summed E-state index contributed by atoms with van der Waals surface area (Å²) in [5.41, 5.74) is 0.0528. The molecule has 1 aliphatic rings. The maximum Gasteiger partial charge on any atom is 0.0769 e. The Kier molecular flexibility index (Phi) is 3.97. The van der Waals surface area contributed by atoms with Crippen molar-refractivity contribution in [2.45, 2.75) is 32.7 Å². The van der Waals surface area contributed by atoms with Gasteiger partial charge < -0.3 is 4.90 Å². The van der Waals surface area contributed by atoms with Crippen LogP contribution in [0.3, 0.4) is 0 Å². The van der Waals surface area contributed by atoms with Gasteiger partial charge >= 0.3 is 0 Å². The predicted molar refractivity (Wildman–Crippen MR) is 61.2 cm³/mol. The molecule has 80 valence electrons. The Bertz CT molecular complexity index is 226. The lowest BCUT2D eigenvalue weighted by Crippen LogP contribution is -2.53. The molecule has 0 aromatic rings. The second-order valence-corrected chi connectivity index (χ2v) is 4.50. The zero-order valence-corrected chi connectivity index (χ0v) is 9.93. The van der Waals surface area contributed by atoms with Crippen molar-refractivity contribution in [2.24, 2.45) is 0 Å². The van der Waals surface area contributed by atoms with Crippen LogP contribution in [0.5, 0.6) is 0 Å². The summed E-state index contributed by atoms with van der Waals surface area (Å²) in [5, 5.41) is 0. The zero-order valence-electron chi connectivity index (χ0n) is 9.93. The minimum atomic E-state index is 0.0528. The molecule has 1 fully saturated rings. The highest BCUT2D eigenvalue weighted by Crippen LogP contribution is 2.15. The van der Waals surface area contributed by atoms with Gasteiger partial charge in [-0.1, -0.05) is 12.8 Å². The van der Waals surface area contributed by atoms with Crippen LogP contribution < -0.4 is 0 Å². The molecule has 0 unspecified atom stereocenters. The molecule has 0 aromatic heterocycles. The number of piperazine rings is 1. The van der Waals surface area contributed by atoms with Gasteiger partial charge in [0.15, 0.2) is 0 Å². The van der Waals surface area contributed by atoms with Gasteiger partial charge in [-0.25, -0.2) is 0 Å². The van der Waals surface area contributed by atoms with Crippen LogP contribution in [0.15, 0.2) is 0 Å². The van der Waals surface area contributed by atoms with Crippen LogP contribution in [-0.4, -0.2) is 48.6 Å². The van der Waals surface area contributed by atoms with E-state index in [1.807, 2.05) is 0 Å². The summed E-state index contributed by atoms with van der Waals surface area (Å²) in [6.07, 6.45) is 0.956. The Morgan fingerprint density at radius 2 is 1.71 bits per heavy atom. The van der Waals surface area contributed by atoms with Crippen molar-refractivity contribution in [2.75, 3.05) is 33.2 Å². The molecular weight excluding hydrogens is 172 g/mol. The van der Waals surface area contributed by atoms with Crippen molar-refractivity contribution in [3.8, 4) is 11.8 Å². The van der Waals surface area contributed by atoms with Crippen molar-refractivity contribution in [1.82, 2.24) is 9.80 Å². The summed E-state index contributed by atoms with van der Waals surface area (Å²) in [6.45, 7) is 11.2. The molecule has 0 spiro atoms. The molecule has 14 heavy (non-hydrogen) atoms. The van der Waals surface area contributed by atoms with Gasteiger partial charge in [0.25, 0.3) is 0 Å². The molecule has 0 aromatic carbocycles. The molecule has 1 rings (SSSR count). The summed E-state index contributed by atoms with van der Waals surface area (Å²) in [5.74, 6) is 6.54. The van der Waals surface area contributed by atoms with Crippen LogP contribution in [0.2, 0.25) is 0 Å². The number of rotatable bonds is 1. The lowest BCUT2D eigenvalue weighted by atomic mass is 10.0. The third-order valence-electron chi connectivity index (χ3n) is 2.86. The molecule has 0 aliphatic carbocycles. The van der Waals surface area contributed by atoms with Gasteiger partial charge in [0.1, 0.15) is 0 Å². The first-order valence-corrected chi connectivity index (χ1v) is 5.50. The lowest BCUT2D eigenvalue weighted by Gasteiger charge is -2.40. The Balaban J connectivity index is 2.55. The minimum Gasteiger partial charge on any atom is -0.304 e. The van der Waals surface area contributed by atoms with Gasteiger partial charge in [-0.3, -0.25) is 4.90 Å². The molecule has 0 radical (unpaired) electrons. The van der Waals surface area contributed by atoms with Crippen molar-refractivity contribution in [1.29, 1.82) is 0 Å². The second-order valence-electron chi connectivity index (χ2n) is 4.50. The standard InChI is InChI=1S/C12H22N2/c1-5-6-7-12(2,3)14-10-8-13(4)9-11-14/h5,8-11H2,1-4H3. The topological polar surface area (TPSA) is 6.48 Å². The summed E-state index contributed by atoms with van der Waals surface area (Å²) in [6, 6.07) is 0. The highest BCUT2D eigenvalue weighted by molar-refractivity contribution is 5.14. The molecule has 1 aliphatic heterocycles. The maximum absolute atomic E-state index is 3.35. The summed E-state index contributed by atoms with van der Waals surface area (Å²) in [7, 11) is 2.18. The zero-order chi connectivity index (χ0) is 10.6. The van der Waals surface area contributed by atoms with Gasteiger partial charge in [-0.15, -0.1) is 5.92 Å². The average Bonchev–Trinajstić information content (AvgIpc) is 2.16. The van der Waals surface area contributed by atoms with Crippen LogP contribution >= 0.6 is 0 Å². The van der Waals surface area contributed by atoms with Crippen LogP contribution in [0, 0.1) is 11.8 Å². The van der Waals surface area contributed by atoms with E-state index in [0.29, 0.717) is 0 Å². The Morgan fingerprint density at radius 1 is 1.14 bits per heavy atom. The van der Waals surface area contributed by atoms with Crippen LogP contribution in [0.25, 0.3) is 0 Å². The Morgan fingerprint density at radius 3 is 2.21 bits per heavy atom. The van der Waals surface area contributed by atoms with E-state index in [1.54, 1.807) is 0 Å². The quantitative estimate of drug-likeness (QED) is 0.583. The lowest BCUT2D eigenvalue weighted by molar-refractivity contribution is 0.0945. The van der Waals surface area contributed by atoms with E-state index in [2.05, 4.69) is 49.5 Å². The van der Waals surface area contributed by atoms with Gasteiger partial charge in [0.2, 0.25) is 0 Å². The van der Waals surface area contributed by atoms with Gasteiger partial charge in [0.05, 0.1) is 5.54 Å². The predicted octanol–water partition coefficient (Wildman–Crippen LogP) is 1.43. The first-order valence-electron chi connectivity index (χ1n) is 5.50. The summed E-state index contributed by atoms with van der Waals surface area (Å²) in [4.78, 5) is 4.86. The van der Waals surface area contributed by atoms with Crippen LogP contribution in [0.1, 0.15) is 27.2 Å². The van der Waals surface area contributed by atoms with E-state index >= 15 is 0 Å². The van der Waals surface area contributed by atoms with Crippen molar-refractivity contribution < 1.29 is 0 Å². The van der Waals surface area contributed by atoms with Crippen molar-refractivity contribution >= 4 is 0 Å². The van der Waals surface area contributed by atoms with E-state index < -0.39 is 0 Å². The van der Waals surface area contributed by atoms with E-state index in [9.17, 15) is 0 Å². The molecule has 0 saturated carbocycles. The molecule has 0 amide bonds. The molecule has 0 bridgehead atoms. The third-order valence-corrected chi connectivity index (χ3v) is 2.86. The highest BCUT2D eigenvalue weighted by Gasteiger charge is 2.26. The molecule has 2 nitrogen and oxygen atoms in total. The van der Waals surface area contributed by atoms with Crippen molar-refractivity contribution in [3.63, 3.8) is 0 Å². The molecule has 1 heterocycles. The fraction of sp³-hybridized carbons (Fsp3) is 0.833. The fourth-order valence-electron chi connectivity index (χ4n) is 1.75. The van der Waals surface area contributed by atoms with Crippen molar-refractivity contribution in [3.05, 3.63) is 0 Å². The third kappa shape index (κ3) is 3.01. The smallest absolute Gasteiger partial charge is 0.0769 e. The largest absolute Gasteiger partial charge is 0.304 e. The van der Waals surface area contributed by atoms with E-state index in [1.165, 1.54) is 0 Å². The number of likely N-dealkylation sites (N-methyl/N-ethyl adjacent to an activating group) is 1. The first-order chi connectivity index (χ1) is 6.56. The van der Waals surface area contributed by atoms with Gasteiger partial charge in [-0.05, 0) is 20.9 Å². The molecular formula is C12H22N2. The Hall–Kier alpha value is -0.520. The number of hydrogen-bond donors (Lipinski definition) is 0. The molecule has 0 atom stereocenters. The molecule has 2 heteroatoms. The fourth-order valence-corrected chi connectivity index (χ4v) is 1.75. The van der Waals surface area contributed by atoms with E-state index in [4.69, 9.17) is 0 Å². The normalized spacial score (nSPS) is 20.3. The molecule has 0 N–H and O–H groups in total. The van der Waals surface area contributed by atoms with Crippen LogP contribution in [-0.2, 0) is 0 Å².